The van der Waals surface area contributed by atoms with E-state index in [2.05, 4.69) is 15.9 Å². The number of benzene rings is 2. The summed E-state index contributed by atoms with van der Waals surface area (Å²) in [5.74, 6) is -0.387. The standard InChI is InChI=1S/C19H21BrFNO2S/c1-14-7-10-18(11-15-5-3-2-4-6-15)25(23,24)22(14)13-16-8-9-17(20)12-19(16)21/h2-6,8-9,12,14,18H,7,10-11,13H2,1H3. The van der Waals surface area contributed by atoms with E-state index in [0.29, 0.717) is 22.9 Å². The summed E-state index contributed by atoms with van der Waals surface area (Å²) in [4.78, 5) is 0. The van der Waals surface area contributed by atoms with Gasteiger partial charge in [0, 0.05) is 22.6 Å². The molecule has 0 radical (unpaired) electrons. The van der Waals surface area contributed by atoms with Crippen molar-refractivity contribution in [3.05, 3.63) is 69.9 Å². The zero-order valence-electron chi connectivity index (χ0n) is 14.0. The minimum atomic E-state index is -3.48. The van der Waals surface area contributed by atoms with Gasteiger partial charge in [0.15, 0.2) is 0 Å². The molecule has 0 aliphatic carbocycles. The lowest BCUT2D eigenvalue weighted by molar-refractivity contribution is 0.278. The third kappa shape index (κ3) is 4.13. The van der Waals surface area contributed by atoms with Crippen molar-refractivity contribution in [1.82, 2.24) is 4.31 Å². The highest BCUT2D eigenvalue weighted by Gasteiger charge is 2.39. The molecule has 25 heavy (non-hydrogen) atoms. The van der Waals surface area contributed by atoms with Gasteiger partial charge in [-0.25, -0.2) is 12.8 Å². The van der Waals surface area contributed by atoms with Gasteiger partial charge in [0.05, 0.1) is 5.25 Å². The zero-order chi connectivity index (χ0) is 18.0. The molecular weight excluding hydrogens is 405 g/mol. The van der Waals surface area contributed by atoms with E-state index in [1.165, 1.54) is 10.4 Å². The second-order valence-electron chi connectivity index (χ2n) is 6.56. The van der Waals surface area contributed by atoms with Crippen molar-refractivity contribution in [2.75, 3.05) is 0 Å². The van der Waals surface area contributed by atoms with E-state index in [1.54, 1.807) is 12.1 Å². The van der Waals surface area contributed by atoms with Crippen molar-refractivity contribution in [3.8, 4) is 0 Å². The fourth-order valence-corrected chi connectivity index (χ4v) is 5.79. The van der Waals surface area contributed by atoms with Crippen LogP contribution >= 0.6 is 15.9 Å². The van der Waals surface area contributed by atoms with Crippen LogP contribution < -0.4 is 0 Å². The van der Waals surface area contributed by atoms with Crippen molar-refractivity contribution < 1.29 is 12.8 Å². The lowest BCUT2D eigenvalue weighted by atomic mass is 10.0. The maximum Gasteiger partial charge on any atom is 0.217 e. The molecule has 0 amide bonds. The van der Waals surface area contributed by atoms with Gasteiger partial charge in [0.2, 0.25) is 10.0 Å². The summed E-state index contributed by atoms with van der Waals surface area (Å²) in [6.45, 7) is 1.97. The molecule has 134 valence electrons. The number of nitrogens with zero attached hydrogens (tertiary/aromatic N) is 1. The van der Waals surface area contributed by atoms with Gasteiger partial charge >= 0.3 is 0 Å². The van der Waals surface area contributed by atoms with Gasteiger partial charge in [-0.3, -0.25) is 0 Å². The third-order valence-electron chi connectivity index (χ3n) is 4.79. The zero-order valence-corrected chi connectivity index (χ0v) is 16.4. The average molecular weight is 426 g/mol. The molecule has 0 N–H and O–H groups in total. The Morgan fingerprint density at radius 2 is 1.88 bits per heavy atom. The van der Waals surface area contributed by atoms with Gasteiger partial charge in [-0.1, -0.05) is 52.3 Å². The van der Waals surface area contributed by atoms with Crippen LogP contribution in [0.15, 0.2) is 53.0 Å². The van der Waals surface area contributed by atoms with Crippen LogP contribution in [0.3, 0.4) is 0 Å². The van der Waals surface area contributed by atoms with Crippen molar-refractivity contribution in [2.24, 2.45) is 0 Å². The van der Waals surface area contributed by atoms with Crippen LogP contribution in [0.1, 0.15) is 30.9 Å². The number of hydrogen-bond donors (Lipinski definition) is 0. The molecule has 1 aliphatic heterocycles. The first kappa shape index (κ1) is 18.5. The largest absolute Gasteiger partial charge is 0.217 e. The van der Waals surface area contributed by atoms with E-state index >= 15 is 0 Å². The van der Waals surface area contributed by atoms with E-state index in [9.17, 15) is 12.8 Å². The fraction of sp³-hybridized carbons (Fsp3) is 0.368. The maximum absolute atomic E-state index is 14.2. The van der Waals surface area contributed by atoms with Gasteiger partial charge in [-0.15, -0.1) is 0 Å². The molecule has 6 heteroatoms. The monoisotopic (exact) mass is 425 g/mol. The van der Waals surface area contributed by atoms with Crippen LogP contribution in [-0.4, -0.2) is 24.0 Å². The minimum Gasteiger partial charge on any atom is -0.212 e. The summed E-state index contributed by atoms with van der Waals surface area (Å²) in [6, 6.07) is 14.3. The van der Waals surface area contributed by atoms with E-state index < -0.39 is 15.3 Å². The first-order valence-electron chi connectivity index (χ1n) is 8.36. The Balaban J connectivity index is 1.84. The van der Waals surface area contributed by atoms with Gasteiger partial charge in [0.1, 0.15) is 5.82 Å². The number of halogens is 2. The van der Waals surface area contributed by atoms with Crippen molar-refractivity contribution in [3.63, 3.8) is 0 Å². The first-order chi connectivity index (χ1) is 11.9. The van der Waals surface area contributed by atoms with E-state index in [4.69, 9.17) is 0 Å². The van der Waals surface area contributed by atoms with Crippen LogP contribution in [0, 0.1) is 5.82 Å². The Bertz CT molecular complexity index is 842. The molecule has 0 spiro atoms. The summed E-state index contributed by atoms with van der Waals surface area (Å²) >= 11 is 3.23. The molecule has 2 atom stereocenters. The highest BCUT2D eigenvalue weighted by Crippen LogP contribution is 2.31. The molecule has 1 aliphatic rings. The lowest BCUT2D eigenvalue weighted by Crippen LogP contribution is -2.48. The summed E-state index contributed by atoms with van der Waals surface area (Å²) in [6.07, 6.45) is 1.92. The Morgan fingerprint density at radius 1 is 1.16 bits per heavy atom. The van der Waals surface area contributed by atoms with Crippen LogP contribution in [0.5, 0.6) is 0 Å². The molecular formula is C19H21BrFNO2S. The van der Waals surface area contributed by atoms with Crippen LogP contribution in [-0.2, 0) is 23.0 Å². The Morgan fingerprint density at radius 3 is 2.56 bits per heavy atom. The molecule has 0 bridgehead atoms. The number of sulfonamides is 1. The average Bonchev–Trinajstić information content (AvgIpc) is 2.57. The van der Waals surface area contributed by atoms with Gasteiger partial charge in [-0.05, 0) is 43.9 Å². The van der Waals surface area contributed by atoms with Gasteiger partial charge in [0.25, 0.3) is 0 Å². The normalized spacial score (nSPS) is 23.5. The van der Waals surface area contributed by atoms with Crippen molar-refractivity contribution in [2.45, 2.75) is 44.0 Å². The summed E-state index contributed by atoms with van der Waals surface area (Å²) in [7, 11) is -3.48. The second-order valence-corrected chi connectivity index (χ2v) is 9.65. The molecule has 2 aromatic carbocycles. The quantitative estimate of drug-likeness (QED) is 0.722. The van der Waals surface area contributed by atoms with Crippen molar-refractivity contribution in [1.29, 1.82) is 0 Å². The Labute approximate surface area is 157 Å². The van der Waals surface area contributed by atoms with Gasteiger partial charge in [-0.2, -0.15) is 4.31 Å². The minimum absolute atomic E-state index is 0.0773. The fourth-order valence-electron chi connectivity index (χ4n) is 3.31. The molecule has 2 unspecified atom stereocenters. The Hall–Kier alpha value is -1.24. The molecule has 2 aromatic rings. The highest BCUT2D eigenvalue weighted by molar-refractivity contribution is 9.10. The predicted octanol–water partition coefficient (Wildman–Crippen LogP) is 4.51. The first-order valence-corrected chi connectivity index (χ1v) is 10.7. The number of hydrogen-bond acceptors (Lipinski definition) is 2. The Kier molecular flexibility index (Phi) is 5.61. The van der Waals surface area contributed by atoms with E-state index in [0.717, 1.165) is 12.0 Å². The van der Waals surface area contributed by atoms with E-state index in [-0.39, 0.29) is 18.4 Å². The topological polar surface area (TPSA) is 37.4 Å². The summed E-state index contributed by atoms with van der Waals surface area (Å²) < 4.78 is 42.5. The SMILES string of the molecule is CC1CCC(Cc2ccccc2)S(=O)(=O)N1Cc1ccc(Br)cc1F. The molecule has 0 aromatic heterocycles. The second kappa shape index (κ2) is 7.56. The van der Waals surface area contributed by atoms with E-state index in [1.807, 2.05) is 37.3 Å². The number of rotatable bonds is 4. The third-order valence-corrected chi connectivity index (χ3v) is 7.67. The smallest absolute Gasteiger partial charge is 0.212 e. The predicted molar refractivity (Wildman–Crippen MR) is 101 cm³/mol. The molecule has 1 fully saturated rings. The highest BCUT2D eigenvalue weighted by atomic mass is 79.9. The van der Waals surface area contributed by atoms with Crippen molar-refractivity contribution >= 4 is 26.0 Å². The van der Waals surface area contributed by atoms with Crippen LogP contribution in [0.2, 0.25) is 0 Å². The molecule has 1 saturated heterocycles. The molecule has 0 saturated carbocycles. The van der Waals surface area contributed by atoms with Crippen LogP contribution in [0.25, 0.3) is 0 Å². The summed E-state index contributed by atoms with van der Waals surface area (Å²) in [5, 5.41) is -0.454. The molecule has 3 rings (SSSR count). The maximum atomic E-state index is 14.2. The summed E-state index contributed by atoms with van der Waals surface area (Å²) in [5.41, 5.74) is 1.42. The lowest BCUT2D eigenvalue weighted by Gasteiger charge is -2.37. The molecule has 3 nitrogen and oxygen atoms in total. The van der Waals surface area contributed by atoms with Gasteiger partial charge < -0.3 is 0 Å². The molecule has 1 heterocycles. The van der Waals surface area contributed by atoms with Crippen LogP contribution in [0.4, 0.5) is 4.39 Å².